The smallest absolute Gasteiger partial charge is 0.226 e. The molecule has 1 aliphatic rings. The van der Waals surface area contributed by atoms with Gasteiger partial charge in [-0.3, -0.25) is 4.79 Å². The van der Waals surface area contributed by atoms with Gasteiger partial charge >= 0.3 is 0 Å². The lowest BCUT2D eigenvalue weighted by atomic mass is 10.1. The number of rotatable bonds is 1. The van der Waals surface area contributed by atoms with Gasteiger partial charge in [-0.05, 0) is 0 Å². The van der Waals surface area contributed by atoms with E-state index in [1.807, 2.05) is 24.3 Å². The molecule has 0 saturated heterocycles. The van der Waals surface area contributed by atoms with Crippen molar-refractivity contribution >= 4 is 0 Å². The fourth-order valence-electron chi connectivity index (χ4n) is 1.27. The molecule has 3 nitrogen and oxygen atoms in total. The van der Waals surface area contributed by atoms with Crippen LogP contribution in [0.15, 0.2) is 45.8 Å². The average Bonchev–Trinajstić information content (AvgIpc) is 2.62. The van der Waals surface area contributed by atoms with Crippen molar-refractivity contribution in [2.24, 2.45) is 0 Å². The zero-order valence-electron chi connectivity index (χ0n) is 6.81. The molecule has 66 valence electrons. The number of aromatic hydroxyl groups is 1. The van der Waals surface area contributed by atoms with Crippen molar-refractivity contribution in [3.63, 3.8) is 0 Å². The Hall–Kier alpha value is -1.77. The van der Waals surface area contributed by atoms with Gasteiger partial charge in [0.25, 0.3) is 0 Å². The maximum Gasteiger partial charge on any atom is 0.226 e. The predicted molar refractivity (Wildman–Crippen MR) is 47.7 cm³/mol. The Bertz CT molecular complexity index is 414. The lowest BCUT2D eigenvalue weighted by Crippen LogP contribution is -2.02. The average molecular weight is 176 g/mol. The third-order valence-corrected chi connectivity index (χ3v) is 1.93. The van der Waals surface area contributed by atoms with Gasteiger partial charge in [0, 0.05) is 6.07 Å². The second-order valence-electron chi connectivity index (χ2n) is 2.79. The van der Waals surface area contributed by atoms with Crippen molar-refractivity contribution in [2.75, 3.05) is 0 Å². The van der Waals surface area contributed by atoms with E-state index in [4.69, 9.17) is 4.42 Å². The molecule has 0 radical (unpaired) electrons. The summed E-state index contributed by atoms with van der Waals surface area (Å²) in [5.74, 6) is -0.116. The van der Waals surface area contributed by atoms with Gasteiger partial charge in [-0.25, -0.2) is 0 Å². The molecule has 2 rings (SSSR count). The Labute approximate surface area is 74.6 Å². The van der Waals surface area contributed by atoms with Crippen LogP contribution in [0, 0.1) is 0 Å². The molecule has 0 aromatic carbocycles. The maximum absolute atomic E-state index is 11.0. The molecule has 1 N–H and O–H groups in total. The number of hydrogen-bond acceptors (Lipinski definition) is 3. The van der Waals surface area contributed by atoms with Crippen molar-refractivity contribution in [1.82, 2.24) is 0 Å². The molecule has 1 aromatic heterocycles. The van der Waals surface area contributed by atoms with E-state index in [1.165, 1.54) is 12.3 Å². The minimum absolute atomic E-state index is 0.117. The molecule has 3 heteroatoms. The summed E-state index contributed by atoms with van der Waals surface area (Å²) in [5.41, 5.74) is -0.407. The van der Waals surface area contributed by atoms with Crippen LogP contribution in [-0.4, -0.2) is 5.11 Å². The van der Waals surface area contributed by atoms with Gasteiger partial charge in [-0.1, -0.05) is 24.3 Å². The van der Waals surface area contributed by atoms with E-state index in [9.17, 15) is 9.90 Å². The molecular weight excluding hydrogens is 168 g/mol. The number of hydrogen-bond donors (Lipinski definition) is 1. The second kappa shape index (κ2) is 2.94. The van der Waals surface area contributed by atoms with Crippen LogP contribution in [0.3, 0.4) is 0 Å². The first kappa shape index (κ1) is 7.86. The van der Waals surface area contributed by atoms with Crippen LogP contribution in [0.25, 0.3) is 0 Å². The fraction of sp³-hybridized carbons (Fsp3) is 0.100. The van der Waals surface area contributed by atoms with Crippen LogP contribution < -0.4 is 5.43 Å². The van der Waals surface area contributed by atoms with E-state index in [0.29, 0.717) is 5.76 Å². The standard InChI is InChI=1S/C10H8O3/c11-8-5-6-13-10(9(8)12)7-3-1-2-4-7/h1-7,12H. The molecule has 0 unspecified atom stereocenters. The van der Waals surface area contributed by atoms with Crippen molar-refractivity contribution in [1.29, 1.82) is 0 Å². The summed E-state index contributed by atoms with van der Waals surface area (Å²) in [6, 6.07) is 1.20. The molecule has 1 aromatic rings. The third-order valence-electron chi connectivity index (χ3n) is 1.93. The highest BCUT2D eigenvalue weighted by Crippen LogP contribution is 2.27. The number of allylic oxidation sites excluding steroid dienone is 4. The third kappa shape index (κ3) is 1.28. The van der Waals surface area contributed by atoms with Crippen LogP contribution in [0.1, 0.15) is 11.7 Å². The second-order valence-corrected chi connectivity index (χ2v) is 2.79. The van der Waals surface area contributed by atoms with E-state index in [1.54, 1.807) is 0 Å². The topological polar surface area (TPSA) is 50.4 Å². The predicted octanol–water partition coefficient (Wildman–Crippen LogP) is 1.55. The SMILES string of the molecule is O=c1ccoc(C2C=CC=C2)c1O. The van der Waals surface area contributed by atoms with Gasteiger partial charge < -0.3 is 9.52 Å². The van der Waals surface area contributed by atoms with Crippen LogP contribution in [0.2, 0.25) is 0 Å². The molecule has 0 atom stereocenters. The van der Waals surface area contributed by atoms with Gasteiger partial charge in [0.05, 0.1) is 12.2 Å². The Morgan fingerprint density at radius 1 is 1.31 bits per heavy atom. The lowest BCUT2D eigenvalue weighted by Gasteiger charge is -2.04. The molecule has 0 bridgehead atoms. The van der Waals surface area contributed by atoms with Crippen molar-refractivity contribution in [3.05, 3.63) is 52.6 Å². The molecule has 0 spiro atoms. The molecule has 13 heavy (non-hydrogen) atoms. The summed E-state index contributed by atoms with van der Waals surface area (Å²) in [6.45, 7) is 0. The van der Waals surface area contributed by atoms with E-state index in [0.717, 1.165) is 0 Å². The van der Waals surface area contributed by atoms with Crippen LogP contribution in [-0.2, 0) is 0 Å². The minimum atomic E-state index is -0.407. The molecule has 1 heterocycles. The van der Waals surface area contributed by atoms with Crippen LogP contribution in [0.5, 0.6) is 5.75 Å². The summed E-state index contributed by atoms with van der Waals surface area (Å²) in [4.78, 5) is 11.0. The van der Waals surface area contributed by atoms with Gasteiger partial charge in [0.1, 0.15) is 0 Å². The summed E-state index contributed by atoms with van der Waals surface area (Å²) in [6.07, 6.45) is 8.67. The molecule has 0 fully saturated rings. The van der Waals surface area contributed by atoms with E-state index in [-0.39, 0.29) is 11.7 Å². The van der Waals surface area contributed by atoms with E-state index in [2.05, 4.69) is 0 Å². The van der Waals surface area contributed by atoms with Crippen LogP contribution in [0.4, 0.5) is 0 Å². The van der Waals surface area contributed by atoms with Crippen molar-refractivity contribution in [2.45, 2.75) is 5.92 Å². The van der Waals surface area contributed by atoms with Crippen molar-refractivity contribution < 1.29 is 9.52 Å². The summed E-state index contributed by atoms with van der Waals surface area (Å²) in [5, 5.41) is 9.38. The van der Waals surface area contributed by atoms with Crippen LogP contribution >= 0.6 is 0 Å². The quantitative estimate of drug-likeness (QED) is 0.706. The Balaban J connectivity index is 2.51. The summed E-state index contributed by atoms with van der Waals surface area (Å²) in [7, 11) is 0. The zero-order valence-corrected chi connectivity index (χ0v) is 6.81. The first-order chi connectivity index (χ1) is 6.29. The van der Waals surface area contributed by atoms with E-state index < -0.39 is 5.43 Å². The van der Waals surface area contributed by atoms with Gasteiger partial charge in [-0.2, -0.15) is 0 Å². The highest BCUT2D eigenvalue weighted by Gasteiger charge is 2.16. The van der Waals surface area contributed by atoms with Gasteiger partial charge in [-0.15, -0.1) is 0 Å². The Morgan fingerprint density at radius 3 is 2.69 bits per heavy atom. The maximum atomic E-state index is 11.0. The molecule has 1 aliphatic carbocycles. The molecule has 0 amide bonds. The molecular formula is C10H8O3. The minimum Gasteiger partial charge on any atom is -0.502 e. The highest BCUT2D eigenvalue weighted by molar-refractivity contribution is 5.36. The first-order valence-corrected chi connectivity index (χ1v) is 3.94. The highest BCUT2D eigenvalue weighted by atomic mass is 16.4. The molecule has 0 aliphatic heterocycles. The van der Waals surface area contributed by atoms with E-state index >= 15 is 0 Å². The first-order valence-electron chi connectivity index (χ1n) is 3.94. The van der Waals surface area contributed by atoms with Gasteiger partial charge in [0.2, 0.25) is 11.2 Å². The zero-order chi connectivity index (χ0) is 9.26. The molecule has 0 saturated carbocycles. The van der Waals surface area contributed by atoms with Crippen molar-refractivity contribution in [3.8, 4) is 5.75 Å². The summed E-state index contributed by atoms with van der Waals surface area (Å²) < 4.78 is 5.07. The Morgan fingerprint density at radius 2 is 2.00 bits per heavy atom. The lowest BCUT2D eigenvalue weighted by molar-refractivity contribution is 0.399. The Kier molecular flexibility index (Phi) is 1.77. The normalized spacial score (nSPS) is 15.4. The monoisotopic (exact) mass is 176 g/mol. The largest absolute Gasteiger partial charge is 0.502 e. The fourth-order valence-corrected chi connectivity index (χ4v) is 1.27. The van der Waals surface area contributed by atoms with Gasteiger partial charge in [0.15, 0.2) is 5.76 Å². The summed E-state index contributed by atoms with van der Waals surface area (Å²) >= 11 is 0.